The standard InChI is InChI=1S/C27H30N4O3S/c1-19(2)15-31(26(34)21-9-4-3-5-10-21)17-24(32)29-27-28-23(18-35-27)14-25(33)30-13-12-20-8-6-7-11-22(20)16-30/h3-11,18-19H,12-17H2,1-2H3,(H,28,29,32). The zero-order chi connectivity index (χ0) is 24.8. The number of rotatable bonds is 8. The van der Waals surface area contributed by atoms with Gasteiger partial charge >= 0.3 is 0 Å². The van der Waals surface area contributed by atoms with Gasteiger partial charge in [0.15, 0.2) is 5.13 Å². The molecule has 0 fully saturated rings. The Balaban J connectivity index is 1.33. The van der Waals surface area contributed by atoms with E-state index in [0.29, 0.717) is 36.0 Å². The van der Waals surface area contributed by atoms with E-state index in [9.17, 15) is 14.4 Å². The fourth-order valence-electron chi connectivity index (χ4n) is 4.18. The van der Waals surface area contributed by atoms with E-state index >= 15 is 0 Å². The molecule has 0 saturated heterocycles. The topological polar surface area (TPSA) is 82.6 Å². The largest absolute Gasteiger partial charge is 0.338 e. The summed E-state index contributed by atoms with van der Waals surface area (Å²) in [4.78, 5) is 46.3. The molecule has 8 heteroatoms. The minimum Gasteiger partial charge on any atom is -0.338 e. The lowest BCUT2D eigenvalue weighted by molar-refractivity contribution is -0.131. The number of hydrogen-bond donors (Lipinski definition) is 1. The highest BCUT2D eigenvalue weighted by Gasteiger charge is 2.23. The summed E-state index contributed by atoms with van der Waals surface area (Å²) >= 11 is 1.28. The van der Waals surface area contributed by atoms with E-state index in [2.05, 4.69) is 22.4 Å². The van der Waals surface area contributed by atoms with Gasteiger partial charge in [-0.05, 0) is 35.6 Å². The molecule has 2 aromatic carbocycles. The summed E-state index contributed by atoms with van der Waals surface area (Å²) in [6, 6.07) is 17.2. The van der Waals surface area contributed by atoms with E-state index in [4.69, 9.17) is 0 Å². The highest BCUT2D eigenvalue weighted by Crippen LogP contribution is 2.21. The van der Waals surface area contributed by atoms with E-state index in [1.807, 2.05) is 49.1 Å². The average molecular weight is 491 g/mol. The molecule has 1 aromatic heterocycles. The second-order valence-electron chi connectivity index (χ2n) is 9.15. The molecule has 1 aliphatic rings. The van der Waals surface area contributed by atoms with Gasteiger partial charge in [-0.15, -0.1) is 11.3 Å². The smallest absolute Gasteiger partial charge is 0.254 e. The molecule has 0 radical (unpaired) electrons. The lowest BCUT2D eigenvalue weighted by Gasteiger charge is -2.28. The number of amides is 3. The zero-order valence-electron chi connectivity index (χ0n) is 20.1. The SMILES string of the molecule is CC(C)CN(CC(=O)Nc1nc(CC(=O)N2CCc3ccccc3C2)cs1)C(=O)c1ccccc1. The summed E-state index contributed by atoms with van der Waals surface area (Å²) in [6.07, 6.45) is 1.05. The average Bonchev–Trinajstić information content (AvgIpc) is 3.29. The summed E-state index contributed by atoms with van der Waals surface area (Å²) in [5.41, 5.74) is 3.67. The molecule has 3 amide bonds. The van der Waals surface area contributed by atoms with Crippen LogP contribution in [0.25, 0.3) is 0 Å². The van der Waals surface area contributed by atoms with Crippen molar-refractivity contribution >= 4 is 34.2 Å². The number of aromatic nitrogens is 1. The van der Waals surface area contributed by atoms with Gasteiger partial charge in [-0.2, -0.15) is 0 Å². The third kappa shape index (κ3) is 6.54. The highest BCUT2D eigenvalue weighted by molar-refractivity contribution is 7.13. The Kier molecular flexibility index (Phi) is 7.92. The molecule has 0 bridgehead atoms. The number of carbonyl (C=O) groups is 3. The first-order valence-corrected chi connectivity index (χ1v) is 12.7. The van der Waals surface area contributed by atoms with Crippen LogP contribution in [0.1, 0.15) is 41.0 Å². The summed E-state index contributed by atoms with van der Waals surface area (Å²) in [7, 11) is 0. The van der Waals surface area contributed by atoms with Crippen molar-refractivity contribution in [2.45, 2.75) is 33.2 Å². The van der Waals surface area contributed by atoms with Crippen LogP contribution in [0.5, 0.6) is 0 Å². The number of carbonyl (C=O) groups excluding carboxylic acids is 3. The molecule has 182 valence electrons. The maximum Gasteiger partial charge on any atom is 0.254 e. The normalized spacial score (nSPS) is 12.8. The summed E-state index contributed by atoms with van der Waals surface area (Å²) < 4.78 is 0. The predicted molar refractivity (Wildman–Crippen MR) is 137 cm³/mol. The Morgan fingerprint density at radius 3 is 2.51 bits per heavy atom. The molecule has 0 atom stereocenters. The summed E-state index contributed by atoms with van der Waals surface area (Å²) in [5, 5.41) is 5.01. The number of benzene rings is 2. The molecular weight excluding hydrogens is 460 g/mol. The van der Waals surface area contributed by atoms with E-state index in [-0.39, 0.29) is 36.6 Å². The molecule has 4 rings (SSSR count). The van der Waals surface area contributed by atoms with Gasteiger partial charge in [-0.3, -0.25) is 14.4 Å². The molecule has 0 unspecified atom stereocenters. The summed E-state index contributed by atoms with van der Waals surface area (Å²) in [6.45, 7) is 5.74. The quantitative estimate of drug-likeness (QED) is 0.517. The molecule has 0 spiro atoms. The van der Waals surface area contributed by atoms with Crippen LogP contribution in [0.2, 0.25) is 0 Å². The number of anilines is 1. The molecular formula is C27H30N4O3S. The van der Waals surface area contributed by atoms with Crippen molar-refractivity contribution in [3.05, 3.63) is 82.4 Å². The Morgan fingerprint density at radius 1 is 1.06 bits per heavy atom. The van der Waals surface area contributed by atoms with Crippen molar-refractivity contribution in [1.82, 2.24) is 14.8 Å². The van der Waals surface area contributed by atoms with Crippen molar-refractivity contribution in [3.8, 4) is 0 Å². The maximum atomic E-state index is 12.9. The first kappa shape index (κ1) is 24.6. The monoisotopic (exact) mass is 490 g/mol. The second kappa shape index (κ2) is 11.3. The molecule has 3 aromatic rings. The van der Waals surface area contributed by atoms with Gasteiger partial charge < -0.3 is 15.1 Å². The van der Waals surface area contributed by atoms with Crippen molar-refractivity contribution in [3.63, 3.8) is 0 Å². The molecule has 35 heavy (non-hydrogen) atoms. The molecule has 7 nitrogen and oxygen atoms in total. The van der Waals surface area contributed by atoms with Crippen molar-refractivity contribution < 1.29 is 14.4 Å². The van der Waals surface area contributed by atoms with E-state index in [1.54, 1.807) is 22.4 Å². The lowest BCUT2D eigenvalue weighted by atomic mass is 10.00. The number of fused-ring (bicyclic) bond motifs is 1. The van der Waals surface area contributed by atoms with Gasteiger partial charge in [-0.1, -0.05) is 56.3 Å². The van der Waals surface area contributed by atoms with Crippen LogP contribution in [0, 0.1) is 5.92 Å². The van der Waals surface area contributed by atoms with Crippen molar-refractivity contribution in [2.24, 2.45) is 5.92 Å². The molecule has 1 aliphatic heterocycles. The van der Waals surface area contributed by atoms with E-state index < -0.39 is 0 Å². The van der Waals surface area contributed by atoms with Crippen LogP contribution in [-0.4, -0.2) is 52.1 Å². The van der Waals surface area contributed by atoms with Crippen molar-refractivity contribution in [2.75, 3.05) is 25.0 Å². The highest BCUT2D eigenvalue weighted by atomic mass is 32.1. The van der Waals surface area contributed by atoms with Gasteiger partial charge in [0.2, 0.25) is 11.8 Å². The minimum absolute atomic E-state index is 0.0271. The van der Waals surface area contributed by atoms with Gasteiger partial charge in [0.1, 0.15) is 6.54 Å². The first-order chi connectivity index (χ1) is 16.9. The van der Waals surface area contributed by atoms with Gasteiger partial charge in [-0.25, -0.2) is 4.98 Å². The van der Waals surface area contributed by atoms with Gasteiger partial charge in [0.25, 0.3) is 5.91 Å². The van der Waals surface area contributed by atoms with Crippen LogP contribution >= 0.6 is 11.3 Å². The third-order valence-corrected chi connectivity index (χ3v) is 6.65. The fourth-order valence-corrected chi connectivity index (χ4v) is 4.90. The Morgan fingerprint density at radius 2 is 1.77 bits per heavy atom. The van der Waals surface area contributed by atoms with Crippen LogP contribution in [0.3, 0.4) is 0 Å². The number of thiazole rings is 1. The lowest BCUT2D eigenvalue weighted by Crippen LogP contribution is -2.40. The predicted octanol–water partition coefficient (Wildman–Crippen LogP) is 4.01. The Hall–Kier alpha value is -3.52. The molecule has 1 N–H and O–H groups in total. The van der Waals surface area contributed by atoms with Crippen molar-refractivity contribution in [1.29, 1.82) is 0 Å². The number of hydrogen-bond acceptors (Lipinski definition) is 5. The van der Waals surface area contributed by atoms with E-state index in [1.165, 1.54) is 22.5 Å². The van der Waals surface area contributed by atoms with Crippen LogP contribution < -0.4 is 5.32 Å². The number of nitrogens with zero attached hydrogens (tertiary/aromatic N) is 3. The van der Waals surface area contributed by atoms with Crippen LogP contribution in [-0.2, 0) is 29.0 Å². The fraction of sp³-hybridized carbons (Fsp3) is 0.333. The molecule has 0 saturated carbocycles. The molecule has 0 aliphatic carbocycles. The number of nitrogens with one attached hydrogen (secondary N) is 1. The van der Waals surface area contributed by atoms with Gasteiger partial charge in [0.05, 0.1) is 12.1 Å². The van der Waals surface area contributed by atoms with Crippen LogP contribution in [0.15, 0.2) is 60.0 Å². The van der Waals surface area contributed by atoms with E-state index in [0.717, 1.165) is 6.42 Å². The second-order valence-corrected chi connectivity index (χ2v) is 10.0. The van der Waals surface area contributed by atoms with Gasteiger partial charge in [0, 0.05) is 30.6 Å². The maximum absolute atomic E-state index is 12.9. The zero-order valence-corrected chi connectivity index (χ0v) is 20.9. The summed E-state index contributed by atoms with van der Waals surface area (Å²) in [5.74, 6) is -0.244. The first-order valence-electron chi connectivity index (χ1n) is 11.8. The van der Waals surface area contributed by atoms with Crippen LogP contribution in [0.4, 0.5) is 5.13 Å². The third-order valence-electron chi connectivity index (χ3n) is 5.84. The Bertz CT molecular complexity index is 1190. The molecule has 2 heterocycles. The minimum atomic E-state index is -0.310. The Labute approximate surface area is 209 Å².